The molecule has 0 rings (SSSR count). The molecule has 0 fully saturated rings. The molecule has 74 heavy (non-hydrogen) atoms. The van der Waals surface area contributed by atoms with Crippen LogP contribution in [0.25, 0.3) is 0 Å². The fraction of sp³-hybridized carbons (Fsp3) is 0.733. The summed E-state index contributed by atoms with van der Waals surface area (Å²) in [5, 5.41) is 77.2. The van der Waals surface area contributed by atoms with E-state index in [4.69, 9.17) is 108 Å². The third-order valence-electron chi connectivity index (χ3n) is 3.14. The minimum absolute atomic E-state index is 0. The summed E-state index contributed by atoms with van der Waals surface area (Å²) in [6.45, 7) is 7.80. The Kier molecular flexibility index (Phi) is 372. The predicted octanol–water partition coefficient (Wildman–Crippen LogP) is -46.8. The van der Waals surface area contributed by atoms with E-state index in [1.54, 1.807) is 0 Å². The van der Waals surface area contributed by atoms with E-state index in [0.29, 0.717) is 78.5 Å². The molecule has 0 unspecified atom stereocenters. The van der Waals surface area contributed by atoms with Gasteiger partial charge in [0.25, 0.3) is 0 Å². The molecule has 0 bridgehead atoms. The molecule has 0 aliphatic heterocycles. The third kappa shape index (κ3) is 399. The van der Waals surface area contributed by atoms with Crippen molar-refractivity contribution in [1.82, 2.24) is 9.80 Å². The zero-order valence-corrected chi connectivity index (χ0v) is 59.1. The molecule has 0 aromatic carbocycles. The summed E-state index contributed by atoms with van der Waals surface area (Å²) in [5.41, 5.74) is 58.8. The third-order valence-corrected chi connectivity index (χ3v) is 3.14. The normalized spacial score (nSPS) is 6.68. The number of aliphatic carboxylic acids is 8. The number of carboxylic acid groups (broad SMARTS) is 8. The van der Waals surface area contributed by atoms with Crippen molar-refractivity contribution in [3.05, 3.63) is 0 Å². The average molecular weight is 1210 g/mol. The van der Waals surface area contributed by atoms with Gasteiger partial charge in [-0.3, -0.25) is 9.80 Å². The van der Waals surface area contributed by atoms with Gasteiger partial charge in [-0.05, 0) is 27.7 Å². The Balaban J connectivity index is -0.0000000166. The van der Waals surface area contributed by atoms with E-state index in [1.165, 1.54) is 0 Å². The van der Waals surface area contributed by atoms with Crippen molar-refractivity contribution in [1.29, 1.82) is 0 Å². The van der Waals surface area contributed by atoms with Crippen molar-refractivity contribution < 1.29 is 316 Å². The molecule has 44 heteroatoms. The van der Waals surface area contributed by atoms with Crippen molar-refractivity contribution in [3.8, 4) is 0 Å². The van der Waals surface area contributed by atoms with Crippen LogP contribution >= 0.6 is 0 Å². The van der Waals surface area contributed by atoms with E-state index in [0.717, 1.165) is 37.5 Å². The molecular formula is C30H78N14Na14O16. The second kappa shape index (κ2) is 166. The summed E-state index contributed by atoms with van der Waals surface area (Å²) in [6.07, 6.45) is 0. The van der Waals surface area contributed by atoms with E-state index in [-0.39, 0.29) is 427 Å². The van der Waals surface area contributed by atoms with Crippen LogP contribution in [-0.4, -0.2) is 353 Å². The number of nitrogens with two attached hydrogens (primary N) is 12. The predicted molar refractivity (Wildman–Crippen MR) is 247 cm³/mol. The molecule has 0 saturated carbocycles. The van der Waals surface area contributed by atoms with Gasteiger partial charge in [-0.1, -0.05) is 0 Å². The fourth-order valence-corrected chi connectivity index (χ4v) is 1.44. The van der Waals surface area contributed by atoms with E-state index in [9.17, 15) is 39.6 Å². The van der Waals surface area contributed by atoms with Crippen molar-refractivity contribution in [2.24, 2.45) is 68.8 Å². The first-order valence-electron chi connectivity index (χ1n) is 17.0. The molecule has 0 saturated heterocycles. The van der Waals surface area contributed by atoms with Crippen LogP contribution < -0.4 is 346 Å². The average Bonchev–Trinajstić information content (AvgIpc) is 3.12. The first kappa shape index (κ1) is 166. The molecule has 0 aromatic heterocycles. The molecule has 0 aliphatic carbocycles. The van der Waals surface area contributed by atoms with Crippen LogP contribution in [-0.2, 0) is 38.4 Å². The molecule has 0 radical (unpaired) electrons. The van der Waals surface area contributed by atoms with Gasteiger partial charge in [-0.25, -0.2) is 0 Å². The number of hydrogen-bond donors (Lipinski definition) is 12. The summed E-state index contributed by atoms with van der Waals surface area (Å²) in [4.78, 5) is 79.0. The zero-order chi connectivity index (χ0) is 50.5. The van der Waals surface area contributed by atoms with Crippen molar-refractivity contribution in [3.63, 3.8) is 0 Å². The number of hydrogen-bond acceptors (Lipinski definition) is 30. The van der Waals surface area contributed by atoms with E-state index < -0.39 is 73.9 Å². The van der Waals surface area contributed by atoms with Crippen molar-refractivity contribution >= 4 is 225 Å². The van der Waals surface area contributed by atoms with Crippen molar-refractivity contribution in [2.45, 2.75) is 27.7 Å². The number of nitrogens with zero attached hydrogens (tertiary/aromatic N) is 2. The van der Waals surface area contributed by atoms with E-state index in [2.05, 4.69) is 0 Å². The van der Waals surface area contributed by atoms with Crippen molar-refractivity contribution in [2.75, 3.05) is 118 Å². The van der Waals surface area contributed by atoms with Crippen LogP contribution in [0.5, 0.6) is 0 Å². The Morgan fingerprint density at radius 3 is 0.365 bits per heavy atom. The first-order valence-corrected chi connectivity index (χ1v) is 17.0. The van der Waals surface area contributed by atoms with Crippen LogP contribution in [0.15, 0.2) is 0 Å². The monoisotopic (exact) mass is 1210 g/mol. The molecule has 0 atom stereocenters. The molecule has 0 aliphatic rings. The molecule has 30 nitrogen and oxygen atoms in total. The molecule has 0 spiro atoms. The van der Waals surface area contributed by atoms with Gasteiger partial charge in [-0.2, -0.15) is 0 Å². The summed E-state index contributed by atoms with van der Waals surface area (Å²) >= 11 is 0. The summed E-state index contributed by atoms with van der Waals surface area (Å²) in [5.74, 6) is -10.5. The maximum absolute atomic E-state index is 10.4. The molecule has 0 aromatic rings. The van der Waals surface area contributed by atoms with Crippen LogP contribution in [0.3, 0.4) is 0 Å². The zero-order valence-electron chi connectivity index (χ0n) is 43.1. The van der Waals surface area contributed by atoms with Gasteiger partial charge >= 0.3 is 414 Å². The summed E-state index contributed by atoms with van der Waals surface area (Å²) < 4.78 is 0. The Bertz CT molecular complexity index is 823. The Morgan fingerprint density at radius 1 is 0.257 bits per heavy atom. The van der Waals surface area contributed by atoms with Gasteiger partial charge in [0.2, 0.25) is 0 Å². The van der Waals surface area contributed by atoms with Gasteiger partial charge in [0, 0.05) is 142 Å². The first-order chi connectivity index (χ1) is 27.6. The maximum atomic E-state index is 10.4. The quantitative estimate of drug-likeness (QED) is 0.0602. The van der Waals surface area contributed by atoms with Gasteiger partial charge < -0.3 is 148 Å². The topological polar surface area (TPSA) is 640 Å². The number of carboxylic acids is 8. The SMILES string of the molecule is CC(=O)[O-].CC(=O)[O-].CC(=O)[O-].CC(=O)[O-].NCCN.NCCN.NCCN.NCCN.NCCN.NCCN.O=C([O-])CN(CCN(CC(=O)[O-])CC(=O)[O-])CC(=O)[O-].[Na+].[Na+].[Na+].[Na+].[Na+].[Na+].[Na+].[Na+].[NaH].[NaH].[NaH].[NaH].[NaH].[NaH]. The van der Waals surface area contributed by atoms with Crippen LogP contribution in [0, 0.1) is 0 Å². The number of carbonyl (C=O) groups excluding carboxylic acids is 8. The second-order valence-corrected chi connectivity index (χ2v) is 9.34. The minimum atomic E-state index is -1.53. The fourth-order valence-electron chi connectivity index (χ4n) is 1.44. The molecular weight excluding hydrogens is 1130 g/mol. The number of rotatable bonds is 17. The van der Waals surface area contributed by atoms with Crippen LogP contribution in [0.2, 0.25) is 0 Å². The van der Waals surface area contributed by atoms with Gasteiger partial charge in [-0.15, -0.1) is 0 Å². The Hall–Kier alpha value is 9.20. The van der Waals surface area contributed by atoms with Gasteiger partial charge in [0.05, 0.1) is 23.9 Å². The number of carbonyl (C=O) groups is 8. The summed E-state index contributed by atoms with van der Waals surface area (Å²) in [7, 11) is 0. The van der Waals surface area contributed by atoms with Gasteiger partial charge in [0.1, 0.15) is 0 Å². The van der Waals surface area contributed by atoms with E-state index in [1.807, 2.05) is 0 Å². The van der Waals surface area contributed by atoms with Crippen LogP contribution in [0.4, 0.5) is 0 Å². The van der Waals surface area contributed by atoms with Crippen LogP contribution in [0.1, 0.15) is 27.7 Å². The Morgan fingerprint density at radius 2 is 0.324 bits per heavy atom. The standard InChI is InChI=1S/C10H16N2O8.6C2H8N2.4C2H4O2.14Na.6H/c13-7(14)3-11(4-8(15)16)1-2-12(5-9(17)18)6-10(19)20;6*3-1-2-4;4*1-2(3)4;;;;;;;;;;;;;;;;;;;;/h1-6H2,(H,13,14)(H,15,16)(H,17,18)(H,19,20);6*1-4H2;4*1H3,(H,3,4);;;;;;;;;;;;;;;;;;;;/q;;;;;;;;;;;;;;;;;8*+1;;;;;;/p-8. The summed E-state index contributed by atoms with van der Waals surface area (Å²) in [6, 6.07) is 0. The molecule has 24 N–H and O–H groups in total. The Labute approximate surface area is 748 Å². The molecule has 0 amide bonds. The molecule has 378 valence electrons. The van der Waals surface area contributed by atoms with E-state index >= 15 is 0 Å². The molecule has 0 heterocycles. The van der Waals surface area contributed by atoms with Gasteiger partial charge in [0.15, 0.2) is 0 Å². The second-order valence-electron chi connectivity index (χ2n) is 9.34.